The third kappa shape index (κ3) is 1.67. The Morgan fingerprint density at radius 1 is 0.950 bits per heavy atom. The Balaban J connectivity index is 2.30. The van der Waals surface area contributed by atoms with Crippen molar-refractivity contribution in [2.24, 2.45) is 0 Å². The van der Waals surface area contributed by atoms with Gasteiger partial charge in [0.25, 0.3) is 0 Å². The summed E-state index contributed by atoms with van der Waals surface area (Å²) < 4.78 is 0. The molecule has 1 atom stereocenters. The first-order chi connectivity index (χ1) is 9.80. The molecule has 0 radical (unpaired) electrons. The van der Waals surface area contributed by atoms with Gasteiger partial charge in [-0.1, -0.05) is 6.92 Å². The number of rotatable bonds is 5. The second kappa shape index (κ2) is 4.93. The van der Waals surface area contributed by atoms with Crippen molar-refractivity contribution in [1.29, 1.82) is 0 Å². The van der Waals surface area contributed by atoms with E-state index in [1.165, 1.54) is 0 Å². The molecular formula is C13H16N6O. The molecule has 3 aromatic rings. The molecule has 0 aromatic carbocycles. The van der Waals surface area contributed by atoms with E-state index in [0.717, 1.165) is 0 Å². The van der Waals surface area contributed by atoms with E-state index in [4.69, 9.17) is 0 Å². The number of nitrogens with one attached hydrogen (secondary N) is 3. The maximum absolute atomic E-state index is 10.7. The number of aliphatic hydroxyl groups is 1. The first-order valence-corrected chi connectivity index (χ1v) is 6.49. The third-order valence-electron chi connectivity index (χ3n) is 3.60. The van der Waals surface area contributed by atoms with Crippen molar-refractivity contribution in [3.63, 3.8) is 0 Å². The first-order valence-electron chi connectivity index (χ1n) is 6.49. The van der Waals surface area contributed by atoms with Gasteiger partial charge >= 0.3 is 0 Å². The minimum absolute atomic E-state index is 0.548. The number of aromatic nitrogens is 6. The lowest BCUT2D eigenvalue weighted by Gasteiger charge is -2.33. The van der Waals surface area contributed by atoms with Crippen LogP contribution in [0.25, 0.3) is 0 Å². The van der Waals surface area contributed by atoms with Gasteiger partial charge in [-0.25, -0.2) is 0 Å². The lowest BCUT2D eigenvalue weighted by atomic mass is 9.72. The van der Waals surface area contributed by atoms with E-state index in [2.05, 4.69) is 30.6 Å². The summed E-state index contributed by atoms with van der Waals surface area (Å²) >= 11 is 0. The van der Waals surface area contributed by atoms with E-state index in [-0.39, 0.29) is 0 Å². The van der Waals surface area contributed by atoms with Gasteiger partial charge in [0.1, 0.15) is 5.41 Å². The Kier molecular flexibility index (Phi) is 3.11. The summed E-state index contributed by atoms with van der Waals surface area (Å²) in [6.07, 6.45) is 5.04. The molecule has 0 amide bonds. The van der Waals surface area contributed by atoms with Gasteiger partial charge in [0.2, 0.25) is 0 Å². The fraction of sp³-hybridized carbons (Fsp3) is 0.308. The van der Waals surface area contributed by atoms with Crippen LogP contribution in [-0.2, 0) is 5.41 Å². The highest BCUT2D eigenvalue weighted by molar-refractivity contribution is 5.43. The molecule has 3 rings (SSSR count). The summed E-state index contributed by atoms with van der Waals surface area (Å²) in [6, 6.07) is 5.51. The van der Waals surface area contributed by atoms with E-state index in [1.807, 2.05) is 25.1 Å². The molecule has 0 spiro atoms. The molecule has 0 saturated heterocycles. The second-order valence-electron chi connectivity index (χ2n) is 4.61. The second-order valence-corrected chi connectivity index (χ2v) is 4.61. The number of hydrogen-bond donors (Lipinski definition) is 4. The predicted molar refractivity (Wildman–Crippen MR) is 71.9 cm³/mol. The summed E-state index contributed by atoms with van der Waals surface area (Å²) in [5.41, 5.74) is 1.16. The van der Waals surface area contributed by atoms with Crippen LogP contribution >= 0.6 is 0 Å². The lowest BCUT2D eigenvalue weighted by Crippen LogP contribution is -2.43. The van der Waals surface area contributed by atoms with E-state index in [0.29, 0.717) is 23.5 Å². The van der Waals surface area contributed by atoms with Crippen molar-refractivity contribution >= 4 is 0 Å². The van der Waals surface area contributed by atoms with Crippen molar-refractivity contribution in [1.82, 2.24) is 30.6 Å². The van der Waals surface area contributed by atoms with Gasteiger partial charge in [-0.2, -0.15) is 15.3 Å². The minimum Gasteiger partial charge on any atom is -0.391 e. The summed E-state index contributed by atoms with van der Waals surface area (Å²) in [5, 5.41) is 32.0. The molecule has 104 valence electrons. The molecule has 0 bridgehead atoms. The lowest BCUT2D eigenvalue weighted by molar-refractivity contribution is 0.111. The highest BCUT2D eigenvalue weighted by Gasteiger charge is 2.47. The van der Waals surface area contributed by atoms with Crippen LogP contribution in [0.1, 0.15) is 30.4 Å². The molecule has 0 saturated carbocycles. The van der Waals surface area contributed by atoms with Gasteiger partial charge in [-0.3, -0.25) is 15.3 Å². The SMILES string of the molecule is CCC(O)C(c1cc[nH]n1)(c1cc[nH]n1)c1cc[nH]n1. The minimum atomic E-state index is -0.894. The predicted octanol–water partition coefficient (Wildman–Crippen LogP) is 0.961. The van der Waals surface area contributed by atoms with Crippen LogP contribution < -0.4 is 0 Å². The summed E-state index contributed by atoms with van der Waals surface area (Å²) in [6.45, 7) is 1.92. The van der Waals surface area contributed by atoms with Gasteiger partial charge in [0, 0.05) is 18.6 Å². The maximum Gasteiger partial charge on any atom is 0.128 e. The quantitative estimate of drug-likeness (QED) is 0.555. The summed E-state index contributed by atoms with van der Waals surface area (Å²) in [5.74, 6) is 0. The smallest absolute Gasteiger partial charge is 0.128 e. The van der Waals surface area contributed by atoms with Crippen molar-refractivity contribution in [3.8, 4) is 0 Å². The summed E-state index contributed by atoms with van der Waals surface area (Å²) in [4.78, 5) is 0. The van der Waals surface area contributed by atoms with Crippen LogP contribution in [0.5, 0.6) is 0 Å². The van der Waals surface area contributed by atoms with Crippen LogP contribution in [0.15, 0.2) is 36.8 Å². The van der Waals surface area contributed by atoms with Crippen LogP contribution in [0.2, 0.25) is 0 Å². The number of nitrogens with zero attached hydrogens (tertiary/aromatic N) is 3. The molecule has 0 aliphatic carbocycles. The fourth-order valence-corrected chi connectivity index (χ4v) is 2.65. The van der Waals surface area contributed by atoms with Crippen molar-refractivity contribution in [2.45, 2.75) is 24.9 Å². The zero-order chi connectivity index (χ0) is 14.0. The number of H-pyrrole nitrogens is 3. The highest BCUT2D eigenvalue weighted by atomic mass is 16.3. The Morgan fingerprint density at radius 2 is 1.35 bits per heavy atom. The molecule has 20 heavy (non-hydrogen) atoms. The molecule has 3 aromatic heterocycles. The van der Waals surface area contributed by atoms with Gasteiger partial charge < -0.3 is 5.11 Å². The summed E-state index contributed by atoms with van der Waals surface area (Å²) in [7, 11) is 0. The molecule has 0 fully saturated rings. The monoisotopic (exact) mass is 272 g/mol. The standard InChI is InChI=1S/C13H16N6O/c1-2-12(20)13(9-3-6-14-17-9,10-4-7-15-18-10)11-5-8-16-19-11/h3-8,12,20H,2H2,1H3,(H,14,17)(H,15,18)(H,16,19). The zero-order valence-electron chi connectivity index (χ0n) is 11.0. The first kappa shape index (κ1) is 12.6. The van der Waals surface area contributed by atoms with E-state index >= 15 is 0 Å². The van der Waals surface area contributed by atoms with Crippen LogP contribution in [-0.4, -0.2) is 41.8 Å². The van der Waals surface area contributed by atoms with Crippen LogP contribution in [0.4, 0.5) is 0 Å². The van der Waals surface area contributed by atoms with E-state index < -0.39 is 11.5 Å². The molecule has 0 aliphatic heterocycles. The van der Waals surface area contributed by atoms with Gasteiger partial charge in [0.15, 0.2) is 0 Å². The molecular weight excluding hydrogens is 256 g/mol. The van der Waals surface area contributed by atoms with E-state index in [1.54, 1.807) is 18.6 Å². The average molecular weight is 272 g/mol. The van der Waals surface area contributed by atoms with E-state index in [9.17, 15) is 5.11 Å². The molecule has 1 unspecified atom stereocenters. The zero-order valence-corrected chi connectivity index (χ0v) is 11.0. The fourth-order valence-electron chi connectivity index (χ4n) is 2.65. The van der Waals surface area contributed by atoms with Crippen LogP contribution in [0, 0.1) is 0 Å². The molecule has 3 heterocycles. The third-order valence-corrected chi connectivity index (χ3v) is 3.60. The highest BCUT2D eigenvalue weighted by Crippen LogP contribution is 2.40. The largest absolute Gasteiger partial charge is 0.391 e. The van der Waals surface area contributed by atoms with Crippen molar-refractivity contribution in [2.75, 3.05) is 0 Å². The van der Waals surface area contributed by atoms with Gasteiger partial charge in [-0.15, -0.1) is 0 Å². The van der Waals surface area contributed by atoms with Gasteiger partial charge in [-0.05, 0) is 24.6 Å². The van der Waals surface area contributed by atoms with Gasteiger partial charge in [0.05, 0.1) is 23.2 Å². The van der Waals surface area contributed by atoms with Crippen molar-refractivity contribution < 1.29 is 5.11 Å². The molecule has 7 nitrogen and oxygen atoms in total. The van der Waals surface area contributed by atoms with Crippen molar-refractivity contribution in [3.05, 3.63) is 53.9 Å². The Bertz CT molecular complexity index is 544. The number of hydrogen-bond acceptors (Lipinski definition) is 4. The molecule has 4 N–H and O–H groups in total. The average Bonchev–Trinajstić information content (AvgIpc) is 3.23. The van der Waals surface area contributed by atoms with Crippen LogP contribution in [0.3, 0.4) is 0 Å². The topological polar surface area (TPSA) is 106 Å². The normalized spacial score (nSPS) is 13.5. The Labute approximate surface area is 115 Å². The Hall–Kier alpha value is -2.41. The molecule has 0 aliphatic rings. The number of aromatic amines is 3. The molecule has 7 heteroatoms. The maximum atomic E-state index is 10.7. The number of aliphatic hydroxyl groups excluding tert-OH is 1. The Morgan fingerprint density at radius 3 is 1.60 bits per heavy atom.